The highest BCUT2D eigenvalue weighted by molar-refractivity contribution is 5.75. The highest BCUT2D eigenvalue weighted by Gasteiger charge is 2.17. The van der Waals surface area contributed by atoms with Crippen molar-refractivity contribution in [2.75, 3.05) is 12.8 Å². The third-order valence-electron chi connectivity index (χ3n) is 2.83. The summed E-state index contributed by atoms with van der Waals surface area (Å²) in [7, 11) is 1.84. The minimum atomic E-state index is 0.0567. The lowest BCUT2D eigenvalue weighted by atomic mass is 10.0. The smallest absolute Gasteiger partial charge is 0.244 e. The van der Waals surface area contributed by atoms with E-state index in [9.17, 15) is 4.79 Å². The Morgan fingerprint density at radius 3 is 2.65 bits per heavy atom. The van der Waals surface area contributed by atoms with Crippen molar-refractivity contribution in [2.24, 2.45) is 5.92 Å². The highest BCUT2D eigenvalue weighted by Crippen LogP contribution is 2.10. The highest BCUT2D eigenvalue weighted by atomic mass is 16.2. The van der Waals surface area contributed by atoms with Gasteiger partial charge in [0.1, 0.15) is 12.4 Å². The molecule has 0 fully saturated rings. The number of carbonyl (C=O) groups excluding carboxylic acids is 1. The monoisotopic (exact) mass is 238 g/mol. The molecular formula is C12H22N4O. The summed E-state index contributed by atoms with van der Waals surface area (Å²) in [6.07, 6.45) is 2.72. The summed E-state index contributed by atoms with van der Waals surface area (Å²) in [6, 6.07) is 1.93. The SMILES string of the molecule is CC(C)CC(C)N(C)C(=O)Cn1ccc(N)n1. The number of rotatable bonds is 5. The van der Waals surface area contributed by atoms with Gasteiger partial charge in [0.05, 0.1) is 0 Å². The van der Waals surface area contributed by atoms with Gasteiger partial charge in [0.15, 0.2) is 0 Å². The molecule has 1 atom stereocenters. The van der Waals surface area contributed by atoms with Crippen molar-refractivity contribution in [3.8, 4) is 0 Å². The second-order valence-corrected chi connectivity index (χ2v) is 4.92. The van der Waals surface area contributed by atoms with E-state index >= 15 is 0 Å². The average molecular weight is 238 g/mol. The Hall–Kier alpha value is -1.52. The molecule has 17 heavy (non-hydrogen) atoms. The van der Waals surface area contributed by atoms with Crippen molar-refractivity contribution < 1.29 is 4.79 Å². The van der Waals surface area contributed by atoms with Gasteiger partial charge < -0.3 is 10.6 Å². The maximum atomic E-state index is 12.0. The molecular weight excluding hydrogens is 216 g/mol. The van der Waals surface area contributed by atoms with Gasteiger partial charge in [-0.3, -0.25) is 9.48 Å². The molecule has 1 heterocycles. The van der Waals surface area contributed by atoms with Crippen LogP contribution in [-0.4, -0.2) is 33.7 Å². The van der Waals surface area contributed by atoms with Gasteiger partial charge in [-0.2, -0.15) is 5.10 Å². The van der Waals surface area contributed by atoms with Crippen LogP contribution in [0.25, 0.3) is 0 Å². The van der Waals surface area contributed by atoms with Crippen LogP contribution in [-0.2, 0) is 11.3 Å². The fourth-order valence-electron chi connectivity index (χ4n) is 1.80. The fraction of sp³-hybridized carbons (Fsp3) is 0.667. The Kier molecular flexibility index (Phi) is 4.54. The summed E-state index contributed by atoms with van der Waals surface area (Å²) in [5.41, 5.74) is 5.50. The Balaban J connectivity index is 2.52. The third-order valence-corrected chi connectivity index (χ3v) is 2.83. The summed E-state index contributed by atoms with van der Waals surface area (Å²) in [5.74, 6) is 1.08. The number of anilines is 1. The molecule has 96 valence electrons. The summed E-state index contributed by atoms with van der Waals surface area (Å²) < 4.78 is 1.57. The number of hydrogen-bond donors (Lipinski definition) is 1. The molecule has 0 saturated carbocycles. The Morgan fingerprint density at radius 2 is 2.18 bits per heavy atom. The van der Waals surface area contributed by atoms with Gasteiger partial charge in [0.2, 0.25) is 5.91 Å². The lowest BCUT2D eigenvalue weighted by molar-refractivity contribution is -0.132. The predicted octanol–water partition coefficient (Wildman–Crippen LogP) is 1.36. The number of aromatic nitrogens is 2. The number of carbonyl (C=O) groups is 1. The van der Waals surface area contributed by atoms with Crippen LogP contribution in [0, 0.1) is 5.92 Å². The molecule has 0 aliphatic rings. The van der Waals surface area contributed by atoms with E-state index in [1.54, 1.807) is 21.8 Å². The van der Waals surface area contributed by atoms with Crippen molar-refractivity contribution in [1.29, 1.82) is 0 Å². The molecule has 1 unspecified atom stereocenters. The van der Waals surface area contributed by atoms with Crippen LogP contribution >= 0.6 is 0 Å². The number of amides is 1. The van der Waals surface area contributed by atoms with Crippen molar-refractivity contribution >= 4 is 11.7 Å². The van der Waals surface area contributed by atoms with Gasteiger partial charge in [-0.1, -0.05) is 13.8 Å². The first-order valence-electron chi connectivity index (χ1n) is 5.94. The standard InChI is InChI=1S/C12H22N4O/c1-9(2)7-10(3)15(4)12(17)8-16-6-5-11(13)14-16/h5-6,9-10H,7-8H2,1-4H3,(H2,13,14). The number of nitrogen functional groups attached to an aromatic ring is 1. The maximum Gasteiger partial charge on any atom is 0.244 e. The molecule has 1 aromatic rings. The van der Waals surface area contributed by atoms with Gasteiger partial charge in [-0.15, -0.1) is 0 Å². The van der Waals surface area contributed by atoms with Crippen LogP contribution in [0.2, 0.25) is 0 Å². The second kappa shape index (κ2) is 5.70. The molecule has 2 N–H and O–H groups in total. The normalized spacial score (nSPS) is 12.8. The van der Waals surface area contributed by atoms with E-state index in [1.165, 1.54) is 0 Å². The van der Waals surface area contributed by atoms with E-state index in [1.807, 2.05) is 7.05 Å². The van der Waals surface area contributed by atoms with E-state index < -0.39 is 0 Å². The molecule has 5 heteroatoms. The van der Waals surface area contributed by atoms with Crippen LogP contribution in [0.5, 0.6) is 0 Å². The van der Waals surface area contributed by atoms with Gasteiger partial charge in [-0.05, 0) is 25.3 Å². The number of likely N-dealkylation sites (N-methyl/N-ethyl adjacent to an activating group) is 1. The third kappa shape index (κ3) is 4.09. The first-order chi connectivity index (χ1) is 7.90. The van der Waals surface area contributed by atoms with Crippen molar-refractivity contribution in [3.05, 3.63) is 12.3 Å². The molecule has 0 bridgehead atoms. The fourth-order valence-corrected chi connectivity index (χ4v) is 1.80. The molecule has 1 amide bonds. The first kappa shape index (κ1) is 13.5. The van der Waals surface area contributed by atoms with E-state index in [0.717, 1.165) is 6.42 Å². The molecule has 0 saturated heterocycles. The van der Waals surface area contributed by atoms with Crippen LogP contribution in [0.1, 0.15) is 27.2 Å². The molecule has 0 radical (unpaired) electrons. The predicted molar refractivity (Wildman–Crippen MR) is 68.3 cm³/mol. The van der Waals surface area contributed by atoms with Gasteiger partial charge >= 0.3 is 0 Å². The largest absolute Gasteiger partial charge is 0.382 e. The molecule has 1 rings (SSSR count). The zero-order valence-corrected chi connectivity index (χ0v) is 11.1. The van der Waals surface area contributed by atoms with E-state index in [0.29, 0.717) is 11.7 Å². The van der Waals surface area contributed by atoms with E-state index in [4.69, 9.17) is 5.73 Å². The van der Waals surface area contributed by atoms with Gasteiger partial charge in [-0.25, -0.2) is 0 Å². The van der Waals surface area contributed by atoms with Crippen LogP contribution in [0.4, 0.5) is 5.82 Å². The van der Waals surface area contributed by atoms with Gasteiger partial charge in [0, 0.05) is 19.3 Å². The zero-order valence-electron chi connectivity index (χ0n) is 11.1. The average Bonchev–Trinajstić information content (AvgIpc) is 2.61. The topological polar surface area (TPSA) is 64.2 Å². The minimum absolute atomic E-state index is 0.0567. The lowest BCUT2D eigenvalue weighted by Gasteiger charge is -2.26. The summed E-state index contributed by atoms with van der Waals surface area (Å²) >= 11 is 0. The van der Waals surface area contributed by atoms with Crippen LogP contribution in [0.15, 0.2) is 12.3 Å². The summed E-state index contributed by atoms with van der Waals surface area (Å²) in [6.45, 7) is 6.62. The maximum absolute atomic E-state index is 12.0. The quantitative estimate of drug-likeness (QED) is 0.842. The molecule has 0 aliphatic carbocycles. The Bertz CT molecular complexity index is 372. The van der Waals surface area contributed by atoms with Gasteiger partial charge in [0.25, 0.3) is 0 Å². The molecule has 1 aromatic heterocycles. The van der Waals surface area contributed by atoms with Crippen LogP contribution in [0.3, 0.4) is 0 Å². The number of hydrogen-bond acceptors (Lipinski definition) is 3. The first-order valence-corrected chi connectivity index (χ1v) is 5.94. The Labute approximate surface area is 103 Å². The lowest BCUT2D eigenvalue weighted by Crippen LogP contribution is -2.38. The molecule has 5 nitrogen and oxygen atoms in total. The number of nitrogens with two attached hydrogens (primary N) is 1. The molecule has 0 aliphatic heterocycles. The van der Waals surface area contributed by atoms with Crippen molar-refractivity contribution in [1.82, 2.24) is 14.7 Å². The summed E-state index contributed by atoms with van der Waals surface area (Å²) in [5, 5.41) is 4.00. The Morgan fingerprint density at radius 1 is 1.53 bits per heavy atom. The number of nitrogens with zero attached hydrogens (tertiary/aromatic N) is 3. The molecule has 0 spiro atoms. The summed E-state index contributed by atoms with van der Waals surface area (Å²) in [4.78, 5) is 13.7. The zero-order chi connectivity index (χ0) is 13.0. The second-order valence-electron chi connectivity index (χ2n) is 4.92. The van der Waals surface area contributed by atoms with Crippen LogP contribution < -0.4 is 5.73 Å². The van der Waals surface area contributed by atoms with E-state index in [-0.39, 0.29) is 18.5 Å². The molecule has 0 aromatic carbocycles. The minimum Gasteiger partial charge on any atom is -0.382 e. The van der Waals surface area contributed by atoms with Crippen molar-refractivity contribution in [2.45, 2.75) is 39.8 Å². The van der Waals surface area contributed by atoms with E-state index in [2.05, 4.69) is 25.9 Å². The van der Waals surface area contributed by atoms with Crippen molar-refractivity contribution in [3.63, 3.8) is 0 Å².